The van der Waals surface area contributed by atoms with Crippen LogP contribution in [0.2, 0.25) is 0 Å². The second-order valence-corrected chi connectivity index (χ2v) is 7.28. The van der Waals surface area contributed by atoms with Crippen LogP contribution in [0.1, 0.15) is 24.1 Å². The Bertz CT molecular complexity index is 760. The molecule has 0 bridgehead atoms. The average molecular weight is 335 g/mol. The fourth-order valence-corrected chi connectivity index (χ4v) is 4.07. The smallest absolute Gasteiger partial charge is 0.226 e. The summed E-state index contributed by atoms with van der Waals surface area (Å²) in [5.41, 5.74) is 6.37. The molecule has 0 unspecified atom stereocenters. The second kappa shape index (κ2) is 6.30. The first kappa shape index (κ1) is 15.1. The lowest BCUT2D eigenvalue weighted by atomic mass is 10.0. The Labute approximate surface area is 149 Å². The Morgan fingerprint density at radius 1 is 0.800 bits per heavy atom. The lowest BCUT2D eigenvalue weighted by molar-refractivity contribution is 0.589. The number of hydrogen-bond donors (Lipinski definition) is 1. The molecule has 0 amide bonds. The number of rotatable bonds is 3. The van der Waals surface area contributed by atoms with Crippen LogP contribution in [0.4, 0.5) is 11.6 Å². The molecular weight excluding hydrogens is 310 g/mol. The topological polar surface area (TPSA) is 44.3 Å². The summed E-state index contributed by atoms with van der Waals surface area (Å²) in [6.07, 6.45) is 4.68. The first-order valence-corrected chi connectivity index (χ1v) is 9.59. The van der Waals surface area contributed by atoms with E-state index in [1.807, 2.05) is 0 Å². The molecule has 1 aliphatic carbocycles. The summed E-state index contributed by atoms with van der Waals surface area (Å²) in [6.45, 7) is 6.50. The van der Waals surface area contributed by atoms with E-state index in [0.29, 0.717) is 0 Å². The van der Waals surface area contributed by atoms with Crippen molar-refractivity contribution in [2.45, 2.75) is 25.7 Å². The minimum Gasteiger partial charge on any atom is -0.369 e. The first-order chi connectivity index (χ1) is 12.4. The Balaban J connectivity index is 1.48. The van der Waals surface area contributed by atoms with Crippen molar-refractivity contribution in [2.75, 3.05) is 49.1 Å². The second-order valence-electron chi connectivity index (χ2n) is 7.28. The molecular formula is C20H25N5. The predicted molar refractivity (Wildman–Crippen MR) is 101 cm³/mol. The number of fused-ring (bicyclic) bond motifs is 1. The Hall–Kier alpha value is -2.14. The van der Waals surface area contributed by atoms with E-state index >= 15 is 0 Å². The fourth-order valence-electron chi connectivity index (χ4n) is 4.07. The summed E-state index contributed by atoms with van der Waals surface area (Å²) in [7, 11) is 0. The van der Waals surface area contributed by atoms with E-state index in [1.54, 1.807) is 0 Å². The van der Waals surface area contributed by atoms with Crippen molar-refractivity contribution in [1.82, 2.24) is 15.3 Å². The van der Waals surface area contributed by atoms with Gasteiger partial charge >= 0.3 is 0 Å². The van der Waals surface area contributed by atoms with Crippen LogP contribution in [-0.2, 0) is 12.8 Å². The number of benzene rings is 1. The van der Waals surface area contributed by atoms with Gasteiger partial charge in [0.15, 0.2) is 0 Å². The van der Waals surface area contributed by atoms with E-state index in [0.717, 1.165) is 63.8 Å². The zero-order chi connectivity index (χ0) is 16.6. The lowest BCUT2D eigenvalue weighted by Crippen LogP contribution is -2.43. The molecule has 3 heterocycles. The highest BCUT2D eigenvalue weighted by Gasteiger charge is 2.24. The van der Waals surface area contributed by atoms with Gasteiger partial charge in [0.25, 0.3) is 0 Å². The molecule has 2 saturated heterocycles. The van der Waals surface area contributed by atoms with E-state index in [4.69, 9.17) is 9.97 Å². The molecule has 2 aliphatic heterocycles. The van der Waals surface area contributed by atoms with Crippen LogP contribution in [0.25, 0.3) is 11.3 Å². The normalized spacial score (nSPS) is 19.7. The van der Waals surface area contributed by atoms with Gasteiger partial charge in [-0.2, -0.15) is 0 Å². The van der Waals surface area contributed by atoms with Gasteiger partial charge in [-0.15, -0.1) is 0 Å². The molecule has 5 heteroatoms. The first-order valence-electron chi connectivity index (χ1n) is 9.59. The van der Waals surface area contributed by atoms with Gasteiger partial charge in [-0.05, 0) is 37.8 Å². The van der Waals surface area contributed by atoms with Crippen LogP contribution in [0.15, 0.2) is 24.3 Å². The zero-order valence-corrected chi connectivity index (χ0v) is 14.7. The standard InChI is InChI=1S/C20H25N5/c1-3-17-18(4-1)22-20(25-11-2-12-25)23-19(17)15-5-7-16(8-6-15)24-13-9-21-10-14-24/h5-8,21H,1-4,9-14H2. The van der Waals surface area contributed by atoms with Gasteiger partial charge in [0.1, 0.15) is 0 Å². The summed E-state index contributed by atoms with van der Waals surface area (Å²) >= 11 is 0. The molecule has 130 valence electrons. The zero-order valence-electron chi connectivity index (χ0n) is 14.7. The highest BCUT2D eigenvalue weighted by atomic mass is 15.3. The maximum absolute atomic E-state index is 4.97. The van der Waals surface area contributed by atoms with Crippen LogP contribution in [0, 0.1) is 0 Å². The van der Waals surface area contributed by atoms with E-state index in [-0.39, 0.29) is 0 Å². The molecule has 0 atom stereocenters. The summed E-state index contributed by atoms with van der Waals surface area (Å²) in [5, 5.41) is 3.41. The van der Waals surface area contributed by atoms with Gasteiger partial charge in [-0.25, -0.2) is 9.97 Å². The monoisotopic (exact) mass is 335 g/mol. The summed E-state index contributed by atoms with van der Waals surface area (Å²) in [5.74, 6) is 0.938. The Morgan fingerprint density at radius 2 is 1.60 bits per heavy atom. The van der Waals surface area contributed by atoms with Crippen molar-refractivity contribution in [3.8, 4) is 11.3 Å². The molecule has 3 aliphatic rings. The van der Waals surface area contributed by atoms with Crippen molar-refractivity contribution < 1.29 is 0 Å². The number of hydrogen-bond acceptors (Lipinski definition) is 5. The quantitative estimate of drug-likeness (QED) is 0.932. The van der Waals surface area contributed by atoms with Crippen LogP contribution in [0.5, 0.6) is 0 Å². The molecule has 5 nitrogen and oxygen atoms in total. The number of anilines is 2. The van der Waals surface area contributed by atoms with E-state index in [2.05, 4.69) is 39.4 Å². The number of nitrogens with one attached hydrogen (secondary N) is 1. The van der Waals surface area contributed by atoms with Crippen molar-refractivity contribution in [1.29, 1.82) is 0 Å². The maximum atomic E-state index is 4.97. The SMILES string of the molecule is c1cc(N2CCNCC2)ccc1-c1nc(N2CCC2)nc2c1CCC2. The Kier molecular flexibility index (Phi) is 3.82. The van der Waals surface area contributed by atoms with Gasteiger partial charge in [-0.3, -0.25) is 0 Å². The number of aromatic nitrogens is 2. The van der Waals surface area contributed by atoms with Crippen LogP contribution in [0.3, 0.4) is 0 Å². The summed E-state index contributed by atoms with van der Waals surface area (Å²) in [4.78, 5) is 14.6. The summed E-state index contributed by atoms with van der Waals surface area (Å²) < 4.78 is 0. The van der Waals surface area contributed by atoms with Gasteiger partial charge in [-0.1, -0.05) is 12.1 Å². The molecule has 2 fully saturated rings. The van der Waals surface area contributed by atoms with Gasteiger partial charge in [0.05, 0.1) is 5.69 Å². The number of nitrogens with zero attached hydrogens (tertiary/aromatic N) is 4. The predicted octanol–water partition coefficient (Wildman–Crippen LogP) is 2.25. The maximum Gasteiger partial charge on any atom is 0.226 e. The van der Waals surface area contributed by atoms with E-state index < -0.39 is 0 Å². The Morgan fingerprint density at radius 3 is 2.32 bits per heavy atom. The highest BCUT2D eigenvalue weighted by molar-refractivity contribution is 5.69. The van der Waals surface area contributed by atoms with Gasteiger partial charge in [0, 0.05) is 61.8 Å². The molecule has 25 heavy (non-hydrogen) atoms. The van der Waals surface area contributed by atoms with Crippen LogP contribution < -0.4 is 15.1 Å². The summed E-state index contributed by atoms with van der Waals surface area (Å²) in [6, 6.07) is 9.01. The van der Waals surface area contributed by atoms with Crippen molar-refractivity contribution >= 4 is 11.6 Å². The molecule has 2 aromatic rings. The minimum atomic E-state index is 0.938. The van der Waals surface area contributed by atoms with Gasteiger partial charge < -0.3 is 15.1 Å². The minimum absolute atomic E-state index is 0.938. The third-order valence-electron chi connectivity index (χ3n) is 5.68. The van der Waals surface area contributed by atoms with Crippen molar-refractivity contribution in [3.63, 3.8) is 0 Å². The number of piperazine rings is 1. The molecule has 1 aromatic carbocycles. The fraction of sp³-hybridized carbons (Fsp3) is 0.500. The average Bonchev–Trinajstić information content (AvgIpc) is 3.09. The molecule has 0 spiro atoms. The molecule has 0 radical (unpaired) electrons. The largest absolute Gasteiger partial charge is 0.369 e. The lowest BCUT2D eigenvalue weighted by Gasteiger charge is -2.31. The van der Waals surface area contributed by atoms with Crippen LogP contribution >= 0.6 is 0 Å². The number of aryl methyl sites for hydroxylation is 1. The molecule has 5 rings (SSSR count). The third-order valence-corrected chi connectivity index (χ3v) is 5.68. The third kappa shape index (κ3) is 2.76. The van der Waals surface area contributed by atoms with Crippen molar-refractivity contribution in [2.24, 2.45) is 0 Å². The van der Waals surface area contributed by atoms with Crippen LogP contribution in [-0.4, -0.2) is 49.2 Å². The van der Waals surface area contributed by atoms with Gasteiger partial charge in [0.2, 0.25) is 5.95 Å². The molecule has 1 N–H and O–H groups in total. The highest BCUT2D eigenvalue weighted by Crippen LogP contribution is 2.33. The van der Waals surface area contributed by atoms with E-state index in [1.165, 1.54) is 35.3 Å². The molecule has 1 aromatic heterocycles. The molecule has 0 saturated carbocycles. The van der Waals surface area contributed by atoms with E-state index in [9.17, 15) is 0 Å². The van der Waals surface area contributed by atoms with Crippen molar-refractivity contribution in [3.05, 3.63) is 35.5 Å².